The molecule has 0 amide bonds. The minimum Gasteiger partial charge on any atom is -0.508 e. The Morgan fingerprint density at radius 2 is 1.93 bits per heavy atom. The first kappa shape index (κ1) is 9.49. The van der Waals surface area contributed by atoms with Gasteiger partial charge in [-0.1, -0.05) is 12.1 Å². The number of hydrogen-bond donors (Lipinski definition) is 2. The van der Waals surface area contributed by atoms with E-state index in [9.17, 15) is 5.11 Å². The molecule has 0 radical (unpaired) electrons. The summed E-state index contributed by atoms with van der Waals surface area (Å²) in [4.78, 5) is 2.10. The van der Waals surface area contributed by atoms with Crippen LogP contribution in [-0.2, 0) is 5.60 Å². The Bertz CT molecular complexity index is 323. The number of nitrogens with zero attached hydrogens (tertiary/aromatic N) is 1. The lowest BCUT2D eigenvalue weighted by Gasteiger charge is -2.22. The number of benzene rings is 1. The SMILES string of the molecule is CN1CCC(O)(c2ccc(O)cc2)C1. The number of hydrogen-bond acceptors (Lipinski definition) is 3. The average molecular weight is 193 g/mol. The predicted molar refractivity (Wildman–Crippen MR) is 54.1 cm³/mol. The summed E-state index contributed by atoms with van der Waals surface area (Å²) in [5.74, 6) is 0.240. The van der Waals surface area contributed by atoms with Gasteiger partial charge in [-0.3, -0.25) is 0 Å². The first-order valence-corrected chi connectivity index (χ1v) is 4.81. The van der Waals surface area contributed by atoms with Crippen LogP contribution < -0.4 is 0 Å². The van der Waals surface area contributed by atoms with Crippen molar-refractivity contribution in [1.82, 2.24) is 4.90 Å². The van der Waals surface area contributed by atoms with Gasteiger partial charge < -0.3 is 15.1 Å². The second-order valence-corrected chi connectivity index (χ2v) is 4.07. The van der Waals surface area contributed by atoms with E-state index in [1.165, 1.54) is 0 Å². The maximum absolute atomic E-state index is 10.3. The van der Waals surface area contributed by atoms with Gasteiger partial charge in [0.05, 0.1) is 0 Å². The van der Waals surface area contributed by atoms with Gasteiger partial charge >= 0.3 is 0 Å². The standard InChI is InChI=1S/C11H15NO2/c1-12-7-6-11(14,8-12)9-2-4-10(13)5-3-9/h2-5,13-14H,6-8H2,1H3. The normalized spacial score (nSPS) is 28.1. The molecule has 3 nitrogen and oxygen atoms in total. The number of likely N-dealkylation sites (N-methyl/N-ethyl adjacent to an activating group) is 1. The maximum atomic E-state index is 10.3. The van der Waals surface area contributed by atoms with Crippen molar-refractivity contribution in [2.24, 2.45) is 0 Å². The molecule has 0 aliphatic carbocycles. The van der Waals surface area contributed by atoms with Crippen LogP contribution in [0.5, 0.6) is 5.75 Å². The van der Waals surface area contributed by atoms with Gasteiger partial charge in [-0.2, -0.15) is 0 Å². The van der Waals surface area contributed by atoms with Crippen LogP contribution in [0.4, 0.5) is 0 Å². The van der Waals surface area contributed by atoms with E-state index in [4.69, 9.17) is 5.11 Å². The van der Waals surface area contributed by atoms with Crippen LogP contribution >= 0.6 is 0 Å². The zero-order valence-electron chi connectivity index (χ0n) is 8.27. The predicted octanol–water partition coefficient (Wildman–Crippen LogP) is 0.915. The first-order chi connectivity index (χ1) is 6.60. The molecule has 3 heteroatoms. The Morgan fingerprint density at radius 3 is 2.43 bits per heavy atom. The lowest BCUT2D eigenvalue weighted by molar-refractivity contribution is 0.0488. The molecule has 1 heterocycles. The summed E-state index contributed by atoms with van der Waals surface area (Å²) >= 11 is 0. The zero-order valence-corrected chi connectivity index (χ0v) is 8.27. The molecule has 1 aliphatic rings. The molecule has 1 aromatic carbocycles. The molecule has 0 aromatic heterocycles. The molecule has 0 bridgehead atoms. The first-order valence-electron chi connectivity index (χ1n) is 4.81. The van der Waals surface area contributed by atoms with Crippen molar-refractivity contribution in [1.29, 1.82) is 0 Å². The quantitative estimate of drug-likeness (QED) is 0.697. The monoisotopic (exact) mass is 193 g/mol. The van der Waals surface area contributed by atoms with Crippen molar-refractivity contribution in [2.45, 2.75) is 12.0 Å². The molecular formula is C11H15NO2. The minimum atomic E-state index is -0.734. The molecule has 14 heavy (non-hydrogen) atoms. The number of β-amino-alcohol motifs (C(OH)–C–C–N with tert-alkyl or cyclic N) is 1. The maximum Gasteiger partial charge on any atom is 0.115 e. The van der Waals surface area contributed by atoms with Crippen molar-refractivity contribution in [3.8, 4) is 5.75 Å². The van der Waals surface area contributed by atoms with Crippen LogP contribution in [0.3, 0.4) is 0 Å². The van der Waals surface area contributed by atoms with E-state index in [1.807, 2.05) is 7.05 Å². The molecular weight excluding hydrogens is 178 g/mol. The number of rotatable bonds is 1. The molecule has 0 saturated carbocycles. The fraction of sp³-hybridized carbons (Fsp3) is 0.455. The summed E-state index contributed by atoms with van der Waals surface area (Å²) in [5.41, 5.74) is 0.155. The van der Waals surface area contributed by atoms with Crippen LogP contribution in [0, 0.1) is 0 Å². The molecule has 1 aliphatic heterocycles. The van der Waals surface area contributed by atoms with Crippen molar-refractivity contribution in [3.63, 3.8) is 0 Å². The zero-order chi connectivity index (χ0) is 10.2. The van der Waals surface area contributed by atoms with Crippen LogP contribution in [-0.4, -0.2) is 35.3 Å². The number of phenolic OH excluding ortho intramolecular Hbond substituents is 1. The van der Waals surface area contributed by atoms with Gasteiger partial charge in [0.1, 0.15) is 11.4 Å². The second kappa shape index (κ2) is 3.26. The summed E-state index contributed by atoms with van der Waals surface area (Å²) in [5, 5.41) is 19.4. The van der Waals surface area contributed by atoms with E-state index >= 15 is 0 Å². The second-order valence-electron chi connectivity index (χ2n) is 4.07. The average Bonchev–Trinajstić information content (AvgIpc) is 2.48. The van der Waals surface area contributed by atoms with Gasteiger partial charge in [0, 0.05) is 13.1 Å². The highest BCUT2D eigenvalue weighted by atomic mass is 16.3. The summed E-state index contributed by atoms with van der Waals surface area (Å²) in [6.07, 6.45) is 0.758. The van der Waals surface area contributed by atoms with E-state index in [2.05, 4.69) is 4.90 Å². The molecule has 76 valence electrons. The van der Waals surface area contributed by atoms with Crippen LogP contribution in [0.15, 0.2) is 24.3 Å². The third-order valence-electron chi connectivity index (χ3n) is 2.84. The van der Waals surface area contributed by atoms with E-state index in [0.29, 0.717) is 6.54 Å². The molecule has 1 fully saturated rings. The summed E-state index contributed by atoms with van der Waals surface area (Å²) in [6, 6.07) is 6.81. The third-order valence-corrected chi connectivity index (χ3v) is 2.84. The Hall–Kier alpha value is -1.06. The van der Waals surface area contributed by atoms with Crippen molar-refractivity contribution in [3.05, 3.63) is 29.8 Å². The highest BCUT2D eigenvalue weighted by molar-refractivity contribution is 5.30. The van der Waals surface area contributed by atoms with E-state index in [-0.39, 0.29) is 5.75 Å². The summed E-state index contributed by atoms with van der Waals surface area (Å²) in [7, 11) is 2.00. The molecule has 2 N–H and O–H groups in total. The van der Waals surface area contributed by atoms with E-state index in [1.54, 1.807) is 24.3 Å². The summed E-state index contributed by atoms with van der Waals surface area (Å²) in [6.45, 7) is 1.58. The topological polar surface area (TPSA) is 43.7 Å². The lowest BCUT2D eigenvalue weighted by atomic mass is 9.93. The molecule has 1 saturated heterocycles. The van der Waals surface area contributed by atoms with Crippen LogP contribution in [0.1, 0.15) is 12.0 Å². The number of aliphatic hydroxyl groups is 1. The van der Waals surface area contributed by atoms with Gasteiger partial charge in [0.15, 0.2) is 0 Å². The van der Waals surface area contributed by atoms with Gasteiger partial charge in [0.25, 0.3) is 0 Å². The largest absolute Gasteiger partial charge is 0.508 e. The molecule has 1 atom stereocenters. The Morgan fingerprint density at radius 1 is 1.29 bits per heavy atom. The van der Waals surface area contributed by atoms with E-state index < -0.39 is 5.60 Å². The Kier molecular flexibility index (Phi) is 2.21. The Balaban J connectivity index is 2.26. The molecule has 0 spiro atoms. The number of likely N-dealkylation sites (tertiary alicyclic amines) is 1. The molecule has 1 unspecified atom stereocenters. The third kappa shape index (κ3) is 1.61. The van der Waals surface area contributed by atoms with Gasteiger partial charge in [-0.05, 0) is 31.2 Å². The highest BCUT2D eigenvalue weighted by Gasteiger charge is 2.35. The number of phenols is 1. The van der Waals surface area contributed by atoms with Crippen LogP contribution in [0.2, 0.25) is 0 Å². The number of aromatic hydroxyl groups is 1. The molecule has 2 rings (SSSR count). The minimum absolute atomic E-state index is 0.240. The van der Waals surface area contributed by atoms with Crippen molar-refractivity contribution < 1.29 is 10.2 Å². The smallest absolute Gasteiger partial charge is 0.115 e. The fourth-order valence-electron chi connectivity index (χ4n) is 1.99. The van der Waals surface area contributed by atoms with Gasteiger partial charge in [0.2, 0.25) is 0 Å². The molecule has 1 aromatic rings. The Labute approximate surface area is 83.6 Å². The highest BCUT2D eigenvalue weighted by Crippen LogP contribution is 2.31. The fourth-order valence-corrected chi connectivity index (χ4v) is 1.99. The van der Waals surface area contributed by atoms with Crippen molar-refractivity contribution >= 4 is 0 Å². The van der Waals surface area contributed by atoms with Crippen molar-refractivity contribution in [2.75, 3.05) is 20.1 Å². The van der Waals surface area contributed by atoms with E-state index in [0.717, 1.165) is 18.5 Å². The lowest BCUT2D eigenvalue weighted by Crippen LogP contribution is -2.28. The van der Waals surface area contributed by atoms with Gasteiger partial charge in [-0.15, -0.1) is 0 Å². The van der Waals surface area contributed by atoms with Crippen LogP contribution in [0.25, 0.3) is 0 Å². The summed E-state index contributed by atoms with van der Waals surface area (Å²) < 4.78 is 0. The van der Waals surface area contributed by atoms with Gasteiger partial charge in [-0.25, -0.2) is 0 Å².